The van der Waals surface area contributed by atoms with Gasteiger partial charge in [0.2, 0.25) is 0 Å². The lowest BCUT2D eigenvalue weighted by Crippen LogP contribution is -2.24. The lowest BCUT2D eigenvalue weighted by molar-refractivity contribution is 0.460. The molecule has 0 aliphatic heterocycles. The maximum atomic E-state index is 5.74. The first-order valence-corrected chi connectivity index (χ1v) is 5.77. The van der Waals surface area contributed by atoms with Crippen LogP contribution in [0.4, 0.5) is 0 Å². The molecule has 0 heterocycles. The molecule has 0 aromatic heterocycles. The Hall–Kier alpha value is -0.0400. The van der Waals surface area contributed by atoms with Gasteiger partial charge in [-0.25, -0.2) is 0 Å². The van der Waals surface area contributed by atoms with E-state index >= 15 is 0 Å². The molecule has 0 rings (SSSR count). The molecule has 0 bridgehead atoms. The minimum absolute atomic E-state index is 0.260. The van der Waals surface area contributed by atoms with Crippen LogP contribution in [0.15, 0.2) is 0 Å². The van der Waals surface area contributed by atoms with Crippen molar-refractivity contribution in [2.75, 3.05) is 0 Å². The Morgan fingerprint density at radius 3 is 2.15 bits per heavy atom. The van der Waals surface area contributed by atoms with Gasteiger partial charge in [0.15, 0.2) is 0 Å². The highest BCUT2D eigenvalue weighted by Gasteiger charge is 2.05. The molecule has 0 saturated carbocycles. The highest BCUT2D eigenvalue weighted by Crippen LogP contribution is 2.13. The van der Waals surface area contributed by atoms with E-state index in [2.05, 4.69) is 20.8 Å². The van der Waals surface area contributed by atoms with Crippen LogP contribution in [-0.4, -0.2) is 6.04 Å². The van der Waals surface area contributed by atoms with Crippen molar-refractivity contribution >= 4 is 0 Å². The normalized spacial score (nSPS) is 15.7. The highest BCUT2D eigenvalue weighted by atomic mass is 14.6. The van der Waals surface area contributed by atoms with E-state index in [-0.39, 0.29) is 6.04 Å². The average Bonchev–Trinajstić information content (AvgIpc) is 2.10. The molecular weight excluding hydrogens is 158 g/mol. The van der Waals surface area contributed by atoms with Crippen LogP contribution >= 0.6 is 0 Å². The molecule has 2 atom stereocenters. The van der Waals surface area contributed by atoms with Crippen LogP contribution in [0, 0.1) is 12.8 Å². The fraction of sp³-hybridized carbons (Fsp3) is 0.917. The summed E-state index contributed by atoms with van der Waals surface area (Å²) in [7, 11) is 0. The van der Waals surface area contributed by atoms with Crippen molar-refractivity contribution in [1.29, 1.82) is 0 Å². The molecule has 2 N–H and O–H groups in total. The Morgan fingerprint density at radius 2 is 1.62 bits per heavy atom. The first-order valence-electron chi connectivity index (χ1n) is 5.77. The summed E-state index contributed by atoms with van der Waals surface area (Å²) in [5.41, 5.74) is 5.74. The van der Waals surface area contributed by atoms with Crippen molar-refractivity contribution in [3.8, 4) is 0 Å². The summed E-state index contributed by atoms with van der Waals surface area (Å²) in [6, 6.07) is 0.260. The summed E-state index contributed by atoms with van der Waals surface area (Å²) in [5, 5.41) is 0. The third-order valence-corrected chi connectivity index (χ3v) is 2.67. The van der Waals surface area contributed by atoms with Gasteiger partial charge in [-0.1, -0.05) is 45.4 Å². The third-order valence-electron chi connectivity index (χ3n) is 2.67. The second-order valence-electron chi connectivity index (χ2n) is 4.18. The van der Waals surface area contributed by atoms with E-state index in [0.717, 1.165) is 0 Å². The van der Waals surface area contributed by atoms with Crippen LogP contribution in [0.2, 0.25) is 0 Å². The van der Waals surface area contributed by atoms with Gasteiger partial charge in [-0.05, 0) is 26.2 Å². The first-order chi connectivity index (χ1) is 6.18. The summed E-state index contributed by atoms with van der Waals surface area (Å²) < 4.78 is 0. The topological polar surface area (TPSA) is 26.0 Å². The van der Waals surface area contributed by atoms with Gasteiger partial charge in [-0.2, -0.15) is 0 Å². The molecule has 79 valence electrons. The lowest BCUT2D eigenvalue weighted by Gasteiger charge is -2.14. The second kappa shape index (κ2) is 8.55. The minimum atomic E-state index is 0.260. The Balaban J connectivity index is 3.07. The monoisotopic (exact) mass is 184 g/mol. The molecule has 0 aliphatic rings. The van der Waals surface area contributed by atoms with E-state index in [1.54, 1.807) is 0 Å². The number of unbranched alkanes of at least 4 members (excludes halogenated alkanes) is 5. The molecule has 1 radical (unpaired) electrons. The van der Waals surface area contributed by atoms with Crippen LogP contribution in [0.25, 0.3) is 0 Å². The van der Waals surface area contributed by atoms with Crippen LogP contribution < -0.4 is 5.73 Å². The fourth-order valence-corrected chi connectivity index (χ4v) is 1.45. The Morgan fingerprint density at radius 1 is 1.08 bits per heavy atom. The Labute approximate surface area is 84.1 Å². The molecule has 0 aromatic carbocycles. The molecule has 2 unspecified atom stereocenters. The molecule has 0 fully saturated rings. The SMILES string of the molecule is [CH2]C(CCCCCCCC)C(C)N. The maximum absolute atomic E-state index is 5.74. The van der Waals surface area contributed by atoms with Crippen LogP contribution in [-0.2, 0) is 0 Å². The molecule has 0 saturated heterocycles. The minimum Gasteiger partial charge on any atom is -0.328 e. The number of rotatable bonds is 8. The zero-order valence-electron chi connectivity index (χ0n) is 9.39. The molecule has 13 heavy (non-hydrogen) atoms. The predicted octanol–water partition coefficient (Wildman–Crippen LogP) is 3.53. The van der Waals surface area contributed by atoms with Crippen molar-refractivity contribution in [3.63, 3.8) is 0 Å². The molecule has 0 aromatic rings. The molecule has 0 amide bonds. The fourth-order valence-electron chi connectivity index (χ4n) is 1.45. The summed E-state index contributed by atoms with van der Waals surface area (Å²) in [6.07, 6.45) is 9.37. The second-order valence-corrected chi connectivity index (χ2v) is 4.18. The van der Waals surface area contributed by atoms with E-state index < -0.39 is 0 Å². The van der Waals surface area contributed by atoms with E-state index in [1.807, 2.05) is 0 Å². The van der Waals surface area contributed by atoms with Crippen LogP contribution in [0.5, 0.6) is 0 Å². The van der Waals surface area contributed by atoms with Gasteiger partial charge < -0.3 is 5.73 Å². The van der Waals surface area contributed by atoms with Crippen LogP contribution in [0.3, 0.4) is 0 Å². The Bertz CT molecular complexity index is 99.3. The summed E-state index contributed by atoms with van der Waals surface area (Å²) >= 11 is 0. The van der Waals surface area contributed by atoms with E-state index in [4.69, 9.17) is 5.73 Å². The lowest BCUT2D eigenvalue weighted by atomic mass is 9.96. The number of hydrogen-bond acceptors (Lipinski definition) is 1. The van der Waals surface area contributed by atoms with Crippen molar-refractivity contribution in [3.05, 3.63) is 6.92 Å². The van der Waals surface area contributed by atoms with Crippen molar-refractivity contribution < 1.29 is 0 Å². The molecule has 0 spiro atoms. The van der Waals surface area contributed by atoms with Crippen molar-refractivity contribution in [1.82, 2.24) is 0 Å². The van der Waals surface area contributed by atoms with E-state index in [9.17, 15) is 0 Å². The number of hydrogen-bond donors (Lipinski definition) is 1. The molecular formula is C12H26N. The zero-order valence-corrected chi connectivity index (χ0v) is 9.39. The smallest absolute Gasteiger partial charge is 0.00387 e. The van der Waals surface area contributed by atoms with Crippen molar-refractivity contribution in [2.45, 2.75) is 64.8 Å². The maximum Gasteiger partial charge on any atom is 0.00387 e. The standard InChI is InChI=1S/C12H26N/c1-4-5-6-7-8-9-10-11(2)12(3)13/h11-12H,2,4-10,13H2,1,3H3. The Kier molecular flexibility index (Phi) is 8.53. The van der Waals surface area contributed by atoms with Gasteiger partial charge >= 0.3 is 0 Å². The van der Waals surface area contributed by atoms with Gasteiger partial charge in [0.25, 0.3) is 0 Å². The van der Waals surface area contributed by atoms with E-state index in [0.29, 0.717) is 5.92 Å². The van der Waals surface area contributed by atoms with Gasteiger partial charge in [-0.15, -0.1) is 0 Å². The zero-order chi connectivity index (χ0) is 10.1. The first kappa shape index (κ1) is 13.0. The highest BCUT2D eigenvalue weighted by molar-refractivity contribution is 4.70. The summed E-state index contributed by atoms with van der Waals surface area (Å²) in [4.78, 5) is 0. The third kappa shape index (κ3) is 8.29. The molecule has 1 heteroatoms. The van der Waals surface area contributed by atoms with Gasteiger partial charge in [-0.3, -0.25) is 0 Å². The summed E-state index contributed by atoms with van der Waals surface area (Å²) in [5.74, 6) is 0.450. The quantitative estimate of drug-likeness (QED) is 0.574. The largest absolute Gasteiger partial charge is 0.328 e. The van der Waals surface area contributed by atoms with Crippen molar-refractivity contribution in [2.24, 2.45) is 11.7 Å². The average molecular weight is 184 g/mol. The van der Waals surface area contributed by atoms with E-state index in [1.165, 1.54) is 44.9 Å². The molecule has 1 nitrogen and oxygen atoms in total. The van der Waals surface area contributed by atoms with Gasteiger partial charge in [0.1, 0.15) is 0 Å². The van der Waals surface area contributed by atoms with Crippen LogP contribution in [0.1, 0.15) is 58.8 Å². The molecule has 0 aliphatic carbocycles. The summed E-state index contributed by atoms with van der Waals surface area (Å²) in [6.45, 7) is 8.35. The van der Waals surface area contributed by atoms with Gasteiger partial charge in [0, 0.05) is 6.04 Å². The predicted molar refractivity (Wildman–Crippen MR) is 60.5 cm³/mol. The number of nitrogens with two attached hydrogens (primary N) is 1. The van der Waals surface area contributed by atoms with Gasteiger partial charge in [0.05, 0.1) is 0 Å².